The van der Waals surface area contributed by atoms with Gasteiger partial charge in [0.2, 0.25) is 5.90 Å². The molecule has 0 atom stereocenters. The Morgan fingerprint density at radius 2 is 1.76 bits per heavy atom. The van der Waals surface area contributed by atoms with Crippen LogP contribution in [0.25, 0.3) is 6.08 Å². The van der Waals surface area contributed by atoms with Crippen molar-refractivity contribution in [3.8, 4) is 11.5 Å². The van der Waals surface area contributed by atoms with Crippen LogP contribution in [0.1, 0.15) is 21.5 Å². The molecular weight excluding hydrogens is 580 g/mol. The van der Waals surface area contributed by atoms with Gasteiger partial charge in [-0.2, -0.15) is 0 Å². The average molecular weight is 594 g/mol. The van der Waals surface area contributed by atoms with Crippen LogP contribution < -0.4 is 9.47 Å². The molecule has 0 N–H and O–H groups in total. The number of nitrogens with zero attached hydrogens (tertiary/aromatic N) is 1. The third-order valence-corrected chi connectivity index (χ3v) is 6.03. The van der Waals surface area contributed by atoms with E-state index < -0.39 is 11.9 Å². The van der Waals surface area contributed by atoms with E-state index in [1.165, 1.54) is 7.11 Å². The van der Waals surface area contributed by atoms with Gasteiger partial charge in [-0.25, -0.2) is 14.6 Å². The molecule has 0 saturated carbocycles. The summed E-state index contributed by atoms with van der Waals surface area (Å²) in [6, 6.07) is 16.9. The topological polar surface area (TPSA) is 74.2 Å². The molecule has 0 saturated heterocycles. The van der Waals surface area contributed by atoms with Crippen molar-refractivity contribution in [2.75, 3.05) is 7.11 Å². The molecule has 0 unspecified atom stereocenters. The second-order valence-electron chi connectivity index (χ2n) is 6.72. The highest BCUT2D eigenvalue weighted by atomic mass is 127. The zero-order valence-electron chi connectivity index (χ0n) is 17.0. The SMILES string of the molecule is COc1cc(/C=C2\N=C(c3ccccc3Cl)OC2=O)cc(I)c1OC(=O)c1ccccc1Cl. The van der Waals surface area contributed by atoms with Crippen LogP contribution in [-0.4, -0.2) is 24.9 Å². The smallest absolute Gasteiger partial charge is 0.363 e. The number of halogens is 3. The predicted octanol–water partition coefficient (Wildman–Crippen LogP) is 6.17. The molecule has 1 aliphatic rings. The van der Waals surface area contributed by atoms with Gasteiger partial charge in [-0.1, -0.05) is 47.5 Å². The van der Waals surface area contributed by atoms with Crippen LogP contribution in [0.4, 0.5) is 0 Å². The van der Waals surface area contributed by atoms with Crippen molar-refractivity contribution >= 4 is 69.7 Å². The lowest BCUT2D eigenvalue weighted by Gasteiger charge is -2.13. The maximum Gasteiger partial charge on any atom is 0.363 e. The van der Waals surface area contributed by atoms with Crippen molar-refractivity contribution in [2.24, 2.45) is 4.99 Å². The Morgan fingerprint density at radius 1 is 1.06 bits per heavy atom. The summed E-state index contributed by atoms with van der Waals surface area (Å²) in [5.41, 5.74) is 1.46. The molecule has 0 amide bonds. The molecule has 1 heterocycles. The number of methoxy groups -OCH3 is 1. The fourth-order valence-electron chi connectivity index (χ4n) is 3.01. The lowest BCUT2D eigenvalue weighted by atomic mass is 10.1. The summed E-state index contributed by atoms with van der Waals surface area (Å²) in [6.45, 7) is 0. The zero-order valence-corrected chi connectivity index (χ0v) is 20.6. The number of rotatable bonds is 5. The van der Waals surface area contributed by atoms with Crippen LogP contribution in [0.2, 0.25) is 10.0 Å². The minimum Gasteiger partial charge on any atom is -0.493 e. The van der Waals surface area contributed by atoms with E-state index in [1.807, 2.05) is 22.6 Å². The quantitative estimate of drug-likeness (QED) is 0.153. The predicted molar refractivity (Wildman–Crippen MR) is 134 cm³/mol. The summed E-state index contributed by atoms with van der Waals surface area (Å²) in [7, 11) is 1.45. The lowest BCUT2D eigenvalue weighted by molar-refractivity contribution is -0.129. The van der Waals surface area contributed by atoms with Gasteiger partial charge < -0.3 is 14.2 Å². The largest absolute Gasteiger partial charge is 0.493 e. The van der Waals surface area contributed by atoms with E-state index in [-0.39, 0.29) is 27.9 Å². The first-order chi connectivity index (χ1) is 15.9. The molecule has 33 heavy (non-hydrogen) atoms. The molecular formula is C24H14Cl2INO5. The summed E-state index contributed by atoms with van der Waals surface area (Å²) in [5, 5.41) is 0.705. The first-order valence-corrected chi connectivity index (χ1v) is 11.3. The van der Waals surface area contributed by atoms with Crippen molar-refractivity contribution in [1.82, 2.24) is 0 Å². The van der Waals surface area contributed by atoms with Crippen LogP contribution in [0.3, 0.4) is 0 Å². The van der Waals surface area contributed by atoms with Crippen molar-refractivity contribution in [3.63, 3.8) is 0 Å². The Bertz CT molecular complexity index is 1340. The minimum absolute atomic E-state index is 0.101. The third kappa shape index (κ3) is 5.05. The first-order valence-electron chi connectivity index (χ1n) is 9.49. The van der Waals surface area contributed by atoms with E-state index in [9.17, 15) is 9.59 Å². The van der Waals surface area contributed by atoms with Gasteiger partial charge in [0.25, 0.3) is 0 Å². The number of aliphatic imine (C=N–C) groups is 1. The van der Waals surface area contributed by atoms with E-state index in [1.54, 1.807) is 66.7 Å². The molecule has 0 radical (unpaired) electrons. The van der Waals surface area contributed by atoms with Crippen molar-refractivity contribution in [1.29, 1.82) is 0 Å². The Labute approximate surface area is 212 Å². The summed E-state index contributed by atoms with van der Waals surface area (Å²) >= 11 is 14.3. The molecule has 0 fully saturated rings. The molecule has 9 heteroatoms. The molecule has 3 aromatic rings. The number of esters is 2. The van der Waals surface area contributed by atoms with E-state index in [0.717, 1.165) is 0 Å². The van der Waals surface area contributed by atoms with Gasteiger partial charge in [0.15, 0.2) is 17.2 Å². The van der Waals surface area contributed by atoms with Crippen LogP contribution in [0, 0.1) is 3.57 Å². The average Bonchev–Trinajstić information content (AvgIpc) is 3.15. The number of benzene rings is 3. The normalized spacial score (nSPS) is 14.1. The second-order valence-corrected chi connectivity index (χ2v) is 8.70. The molecule has 1 aliphatic heterocycles. The van der Waals surface area contributed by atoms with Crippen LogP contribution in [0.15, 0.2) is 71.4 Å². The monoisotopic (exact) mass is 593 g/mol. The number of ether oxygens (including phenoxy) is 3. The molecule has 3 aromatic carbocycles. The van der Waals surface area contributed by atoms with Gasteiger partial charge in [0.1, 0.15) is 0 Å². The van der Waals surface area contributed by atoms with E-state index in [2.05, 4.69) is 4.99 Å². The van der Waals surface area contributed by atoms with Crippen molar-refractivity contribution < 1.29 is 23.8 Å². The summed E-state index contributed by atoms with van der Waals surface area (Å²) < 4.78 is 16.8. The van der Waals surface area contributed by atoms with Crippen LogP contribution in [0.5, 0.6) is 11.5 Å². The van der Waals surface area contributed by atoms with Gasteiger partial charge >= 0.3 is 11.9 Å². The van der Waals surface area contributed by atoms with E-state index in [0.29, 0.717) is 25.5 Å². The Hall–Kier alpha value is -2.88. The lowest BCUT2D eigenvalue weighted by Crippen LogP contribution is -2.11. The number of carbonyl (C=O) groups is 2. The Kier molecular flexibility index (Phi) is 7.02. The van der Waals surface area contributed by atoms with Gasteiger partial charge in [-0.3, -0.25) is 0 Å². The number of hydrogen-bond acceptors (Lipinski definition) is 6. The van der Waals surface area contributed by atoms with Crippen LogP contribution in [-0.2, 0) is 9.53 Å². The molecule has 166 valence electrons. The summed E-state index contributed by atoms with van der Waals surface area (Å²) in [6.07, 6.45) is 1.55. The zero-order chi connectivity index (χ0) is 23.5. The maximum absolute atomic E-state index is 12.6. The molecule has 0 bridgehead atoms. The van der Waals surface area contributed by atoms with Gasteiger partial charge in [0, 0.05) is 0 Å². The molecule has 6 nitrogen and oxygen atoms in total. The van der Waals surface area contributed by atoms with Gasteiger partial charge in [-0.05, 0) is 70.6 Å². The molecule has 0 spiro atoms. The molecule has 0 aliphatic carbocycles. The van der Waals surface area contributed by atoms with Crippen LogP contribution >= 0.6 is 45.8 Å². The standard InChI is InChI=1S/C24H14Cl2INO5/c1-31-20-12-13(10-18(27)21(20)32-23(29)15-7-3-5-9-17(15)26)11-19-24(30)33-22(28-19)14-6-2-4-8-16(14)25/h2-12H,1H3/b19-11-. The maximum atomic E-state index is 12.6. The van der Waals surface area contributed by atoms with Crippen molar-refractivity contribution in [2.45, 2.75) is 0 Å². The summed E-state index contributed by atoms with van der Waals surface area (Å²) in [5.74, 6) is -0.552. The fraction of sp³-hybridized carbons (Fsp3) is 0.0417. The number of cyclic esters (lactones) is 1. The third-order valence-electron chi connectivity index (χ3n) is 4.57. The highest BCUT2D eigenvalue weighted by molar-refractivity contribution is 14.1. The highest BCUT2D eigenvalue weighted by Gasteiger charge is 2.26. The first kappa shape index (κ1) is 23.3. The number of carbonyl (C=O) groups excluding carboxylic acids is 2. The molecule has 0 aromatic heterocycles. The van der Waals surface area contributed by atoms with E-state index >= 15 is 0 Å². The second kappa shape index (κ2) is 9.94. The minimum atomic E-state index is -0.615. The van der Waals surface area contributed by atoms with Gasteiger partial charge in [0.05, 0.1) is 31.9 Å². The fourth-order valence-corrected chi connectivity index (χ4v) is 4.18. The summed E-state index contributed by atoms with van der Waals surface area (Å²) in [4.78, 5) is 29.2. The Balaban J connectivity index is 1.65. The van der Waals surface area contributed by atoms with Crippen molar-refractivity contribution in [3.05, 3.63) is 96.7 Å². The van der Waals surface area contributed by atoms with Gasteiger partial charge in [-0.15, -0.1) is 0 Å². The Morgan fingerprint density at radius 3 is 2.45 bits per heavy atom. The number of hydrogen-bond donors (Lipinski definition) is 0. The highest BCUT2D eigenvalue weighted by Crippen LogP contribution is 2.36. The van der Waals surface area contributed by atoms with E-state index in [4.69, 9.17) is 37.4 Å². The molecule has 4 rings (SSSR count).